The standard InChI is InChI=1S/C18H19O2P/c1-11-9-12(2)17(14(4)13(11)3)18(19)16-8-6-5-7-15(16)10-21-20/h5-9H,10H2,1-4H3. The second-order valence-corrected chi connectivity index (χ2v) is 5.98. The summed E-state index contributed by atoms with van der Waals surface area (Å²) in [5.41, 5.74) is 6.64. The molecule has 0 aliphatic rings. The van der Waals surface area contributed by atoms with Crippen LogP contribution in [0.5, 0.6) is 0 Å². The number of ketones is 1. The summed E-state index contributed by atoms with van der Waals surface area (Å²) in [6.07, 6.45) is 0.366. The van der Waals surface area contributed by atoms with Crippen molar-refractivity contribution in [2.24, 2.45) is 0 Å². The fourth-order valence-electron chi connectivity index (χ4n) is 2.72. The van der Waals surface area contributed by atoms with Crippen molar-refractivity contribution in [3.8, 4) is 0 Å². The van der Waals surface area contributed by atoms with Crippen molar-refractivity contribution in [3.05, 3.63) is 69.3 Å². The number of aryl methyl sites for hydroxylation is 2. The average molecular weight is 298 g/mol. The second kappa shape index (κ2) is 6.32. The maximum Gasteiger partial charge on any atom is 0.193 e. The van der Waals surface area contributed by atoms with Crippen LogP contribution in [0.25, 0.3) is 0 Å². The molecule has 0 aromatic heterocycles. The van der Waals surface area contributed by atoms with Crippen molar-refractivity contribution in [2.45, 2.75) is 33.9 Å². The van der Waals surface area contributed by atoms with Crippen LogP contribution in [-0.2, 0) is 10.7 Å². The van der Waals surface area contributed by atoms with Crippen LogP contribution in [-0.4, -0.2) is 5.78 Å². The molecule has 0 spiro atoms. The zero-order valence-electron chi connectivity index (χ0n) is 12.9. The Morgan fingerprint density at radius 3 is 2.33 bits per heavy atom. The number of benzene rings is 2. The van der Waals surface area contributed by atoms with Crippen LogP contribution in [0.15, 0.2) is 30.3 Å². The zero-order chi connectivity index (χ0) is 15.6. The molecule has 0 saturated heterocycles. The lowest BCUT2D eigenvalue weighted by atomic mass is 9.88. The molecule has 0 fully saturated rings. The van der Waals surface area contributed by atoms with Gasteiger partial charge in [-0.25, -0.2) is 0 Å². The third-order valence-electron chi connectivity index (χ3n) is 4.08. The van der Waals surface area contributed by atoms with Gasteiger partial charge < -0.3 is 0 Å². The summed E-state index contributed by atoms with van der Waals surface area (Å²) in [7, 11) is 0.0316. The summed E-state index contributed by atoms with van der Waals surface area (Å²) in [5.74, 6) is 0.0207. The Balaban J connectivity index is 2.61. The number of hydrogen-bond acceptors (Lipinski definition) is 2. The summed E-state index contributed by atoms with van der Waals surface area (Å²) in [5, 5.41) is 0. The SMILES string of the molecule is Cc1cc(C)c(C(=O)c2ccccc2CP=O)c(C)c1C. The molecule has 0 radical (unpaired) electrons. The van der Waals surface area contributed by atoms with E-state index < -0.39 is 0 Å². The highest BCUT2D eigenvalue weighted by Gasteiger charge is 2.19. The van der Waals surface area contributed by atoms with E-state index in [1.807, 2.05) is 45.0 Å². The monoisotopic (exact) mass is 298 g/mol. The third kappa shape index (κ3) is 2.96. The van der Waals surface area contributed by atoms with Gasteiger partial charge in [0.1, 0.15) is 0 Å². The first-order valence-corrected chi connectivity index (χ1v) is 7.96. The van der Waals surface area contributed by atoms with Crippen molar-refractivity contribution in [2.75, 3.05) is 0 Å². The number of rotatable bonds is 4. The summed E-state index contributed by atoms with van der Waals surface area (Å²) in [6.45, 7) is 8.08. The summed E-state index contributed by atoms with van der Waals surface area (Å²) < 4.78 is 10.9. The highest BCUT2D eigenvalue weighted by Crippen LogP contribution is 2.26. The molecule has 2 aromatic carbocycles. The molecule has 0 heterocycles. The normalized spacial score (nSPS) is 10.9. The van der Waals surface area contributed by atoms with E-state index in [-0.39, 0.29) is 14.2 Å². The Hall–Kier alpha value is -1.79. The van der Waals surface area contributed by atoms with E-state index >= 15 is 0 Å². The van der Waals surface area contributed by atoms with Gasteiger partial charge in [0.2, 0.25) is 0 Å². The number of carbonyl (C=O) groups is 1. The molecule has 3 heteroatoms. The summed E-state index contributed by atoms with van der Waals surface area (Å²) in [4.78, 5) is 12.9. The molecule has 0 unspecified atom stereocenters. The molecule has 0 aliphatic heterocycles. The van der Waals surface area contributed by atoms with Gasteiger partial charge in [0.15, 0.2) is 14.2 Å². The quantitative estimate of drug-likeness (QED) is 0.591. The largest absolute Gasteiger partial charge is 0.289 e. The van der Waals surface area contributed by atoms with Gasteiger partial charge in [0.25, 0.3) is 0 Å². The molecule has 0 bridgehead atoms. The van der Waals surface area contributed by atoms with Crippen LogP contribution in [0.4, 0.5) is 0 Å². The molecule has 21 heavy (non-hydrogen) atoms. The van der Waals surface area contributed by atoms with Crippen LogP contribution in [0, 0.1) is 27.7 Å². The maximum atomic E-state index is 12.9. The fourth-order valence-corrected chi connectivity index (χ4v) is 3.13. The van der Waals surface area contributed by atoms with Crippen molar-refractivity contribution in [3.63, 3.8) is 0 Å². The van der Waals surface area contributed by atoms with E-state index in [2.05, 4.69) is 13.0 Å². The predicted octanol–water partition coefficient (Wildman–Crippen LogP) is 4.94. The van der Waals surface area contributed by atoms with E-state index in [1.54, 1.807) is 0 Å². The minimum atomic E-state index is 0.0207. The maximum absolute atomic E-state index is 12.9. The van der Waals surface area contributed by atoms with Crippen molar-refractivity contribution in [1.82, 2.24) is 0 Å². The van der Waals surface area contributed by atoms with Gasteiger partial charge in [-0.1, -0.05) is 30.3 Å². The van der Waals surface area contributed by atoms with E-state index in [0.29, 0.717) is 11.7 Å². The van der Waals surface area contributed by atoms with Crippen molar-refractivity contribution >= 4 is 14.2 Å². The average Bonchev–Trinajstić information content (AvgIpc) is 2.45. The van der Waals surface area contributed by atoms with Crippen LogP contribution < -0.4 is 0 Å². The van der Waals surface area contributed by atoms with Gasteiger partial charge in [-0.15, -0.1) is 0 Å². The number of hydrogen-bond donors (Lipinski definition) is 0. The first-order valence-electron chi connectivity index (χ1n) is 6.96. The lowest BCUT2D eigenvalue weighted by molar-refractivity contribution is 0.103. The van der Waals surface area contributed by atoms with Crippen molar-refractivity contribution in [1.29, 1.82) is 0 Å². The van der Waals surface area contributed by atoms with Gasteiger partial charge in [-0.05, 0) is 55.5 Å². The van der Waals surface area contributed by atoms with Gasteiger partial charge in [-0.3, -0.25) is 9.36 Å². The molecule has 0 amide bonds. The second-order valence-electron chi connectivity index (χ2n) is 5.41. The highest BCUT2D eigenvalue weighted by atomic mass is 31.1. The van der Waals surface area contributed by atoms with Crippen LogP contribution in [0.3, 0.4) is 0 Å². The minimum absolute atomic E-state index is 0.0207. The molecule has 0 saturated carbocycles. The Morgan fingerprint density at radius 2 is 1.67 bits per heavy atom. The van der Waals surface area contributed by atoms with Crippen LogP contribution in [0.1, 0.15) is 43.7 Å². The van der Waals surface area contributed by atoms with E-state index in [0.717, 1.165) is 27.8 Å². The van der Waals surface area contributed by atoms with Gasteiger partial charge >= 0.3 is 0 Å². The molecule has 0 N–H and O–H groups in total. The zero-order valence-corrected chi connectivity index (χ0v) is 13.8. The predicted molar refractivity (Wildman–Crippen MR) is 86.6 cm³/mol. The van der Waals surface area contributed by atoms with Gasteiger partial charge in [0.05, 0.1) is 6.16 Å². The van der Waals surface area contributed by atoms with E-state index in [1.165, 1.54) is 5.56 Å². The topological polar surface area (TPSA) is 34.1 Å². The smallest absolute Gasteiger partial charge is 0.193 e. The van der Waals surface area contributed by atoms with Crippen LogP contribution >= 0.6 is 8.46 Å². The first-order chi connectivity index (χ1) is 9.97. The molecule has 2 aromatic rings. The lowest BCUT2D eigenvalue weighted by Crippen LogP contribution is -2.10. The lowest BCUT2D eigenvalue weighted by Gasteiger charge is -2.15. The molecule has 2 nitrogen and oxygen atoms in total. The number of carbonyl (C=O) groups excluding carboxylic acids is 1. The minimum Gasteiger partial charge on any atom is -0.289 e. The van der Waals surface area contributed by atoms with Crippen molar-refractivity contribution < 1.29 is 9.36 Å². The van der Waals surface area contributed by atoms with Gasteiger partial charge in [0, 0.05) is 11.1 Å². The molecule has 2 rings (SSSR count). The van der Waals surface area contributed by atoms with Crippen LogP contribution in [0.2, 0.25) is 0 Å². The Bertz CT molecular complexity index is 717. The Kier molecular flexibility index (Phi) is 4.69. The van der Waals surface area contributed by atoms with E-state index in [9.17, 15) is 9.36 Å². The molecular formula is C18H19O2P. The van der Waals surface area contributed by atoms with E-state index in [4.69, 9.17) is 0 Å². The first kappa shape index (κ1) is 15.6. The van der Waals surface area contributed by atoms with Gasteiger partial charge in [-0.2, -0.15) is 0 Å². The Morgan fingerprint density at radius 1 is 1.00 bits per heavy atom. The summed E-state index contributed by atoms with van der Waals surface area (Å²) in [6, 6.07) is 9.46. The fraction of sp³-hybridized carbons (Fsp3) is 0.278. The molecule has 0 aliphatic carbocycles. The molecule has 108 valence electrons. The highest BCUT2D eigenvalue weighted by molar-refractivity contribution is 7.22. The molecular weight excluding hydrogens is 279 g/mol. The molecule has 0 atom stereocenters. The third-order valence-corrected chi connectivity index (χ3v) is 4.55. The summed E-state index contributed by atoms with van der Waals surface area (Å²) >= 11 is 0. The Labute approximate surface area is 127 Å².